The van der Waals surface area contributed by atoms with Crippen LogP contribution in [-0.2, 0) is 10.0 Å². The van der Waals surface area contributed by atoms with Gasteiger partial charge in [0.1, 0.15) is 40.2 Å². The van der Waals surface area contributed by atoms with Gasteiger partial charge in [-0.15, -0.1) is 0 Å². The van der Waals surface area contributed by atoms with Crippen LogP contribution in [0.15, 0.2) is 47.8 Å². The third-order valence-electron chi connectivity index (χ3n) is 3.90. The minimum absolute atomic E-state index is 0.0396. The third-order valence-corrected chi connectivity index (χ3v) is 5.55. The molecule has 15 heteroatoms. The van der Waals surface area contributed by atoms with Crippen LogP contribution in [0.4, 0.5) is 40.7 Å². The maximum Gasteiger partial charge on any atom is 0.422 e. The SMILES string of the molecule is CNS(=O)(=O)c1cc(Nc2cc(Nc3ccc(Cl)cn3)ncn2)c(OCC(F)(F)F)cc1F. The minimum Gasteiger partial charge on any atom is -0.482 e. The fourth-order valence-electron chi connectivity index (χ4n) is 2.44. The lowest BCUT2D eigenvalue weighted by molar-refractivity contribution is -0.153. The van der Waals surface area contributed by atoms with E-state index in [1.807, 2.05) is 4.72 Å². The van der Waals surface area contributed by atoms with Crippen LogP contribution >= 0.6 is 11.6 Å². The summed E-state index contributed by atoms with van der Waals surface area (Å²) < 4.78 is 83.0. The molecule has 176 valence electrons. The van der Waals surface area contributed by atoms with E-state index in [1.54, 1.807) is 12.1 Å². The quantitative estimate of drug-likeness (QED) is 0.392. The van der Waals surface area contributed by atoms with E-state index in [1.165, 1.54) is 12.3 Å². The first-order valence-corrected chi connectivity index (χ1v) is 10.8. The van der Waals surface area contributed by atoms with Crippen molar-refractivity contribution < 1.29 is 30.7 Å². The lowest BCUT2D eigenvalue weighted by Gasteiger charge is -2.16. The maximum absolute atomic E-state index is 14.3. The second-order valence-corrected chi connectivity index (χ2v) is 8.58. The first-order valence-electron chi connectivity index (χ1n) is 8.91. The van der Waals surface area contributed by atoms with Gasteiger partial charge in [-0.25, -0.2) is 32.5 Å². The monoisotopic (exact) mass is 506 g/mol. The standard InChI is InChI=1S/C18H15ClF4N6O3S/c1-24-33(30,31)14-5-12(13(4-11(14)20)32-8-18(21,22)23)28-16-6-17(27-9-26-16)29-15-3-2-10(19)7-25-15/h2-7,9,24H,8H2,1H3,(H2,25,26,27,28,29). The van der Waals surface area contributed by atoms with Crippen LogP contribution in [0, 0.1) is 5.82 Å². The molecule has 0 unspecified atom stereocenters. The van der Waals surface area contributed by atoms with Crippen molar-refractivity contribution in [2.45, 2.75) is 11.1 Å². The Morgan fingerprint density at radius 2 is 1.73 bits per heavy atom. The Morgan fingerprint density at radius 1 is 1.03 bits per heavy atom. The summed E-state index contributed by atoms with van der Waals surface area (Å²) in [5.41, 5.74) is -0.274. The summed E-state index contributed by atoms with van der Waals surface area (Å²) in [4.78, 5) is 11.2. The summed E-state index contributed by atoms with van der Waals surface area (Å²) in [5.74, 6) is -1.20. The molecular formula is C18H15ClF4N6O3S. The largest absolute Gasteiger partial charge is 0.482 e. The normalized spacial score (nSPS) is 11.8. The molecule has 3 rings (SSSR count). The molecule has 0 aliphatic carbocycles. The number of rotatable bonds is 8. The molecular weight excluding hydrogens is 492 g/mol. The highest BCUT2D eigenvalue weighted by atomic mass is 35.5. The molecule has 0 aliphatic rings. The van der Waals surface area contributed by atoms with Crippen molar-refractivity contribution >= 4 is 44.8 Å². The van der Waals surface area contributed by atoms with Crippen molar-refractivity contribution in [3.63, 3.8) is 0 Å². The van der Waals surface area contributed by atoms with Gasteiger partial charge in [0.2, 0.25) is 10.0 Å². The number of benzene rings is 1. The Balaban J connectivity index is 1.94. The number of pyridine rings is 1. The minimum atomic E-state index is -4.71. The molecule has 0 saturated heterocycles. The number of nitrogens with zero attached hydrogens (tertiary/aromatic N) is 3. The van der Waals surface area contributed by atoms with Gasteiger partial charge in [0.25, 0.3) is 0 Å². The van der Waals surface area contributed by atoms with E-state index in [0.29, 0.717) is 16.9 Å². The molecule has 0 fully saturated rings. The summed E-state index contributed by atoms with van der Waals surface area (Å²) in [6.45, 7) is -1.72. The third kappa shape index (κ3) is 6.63. The Hall–Kier alpha value is -3.23. The number of sulfonamides is 1. The lowest BCUT2D eigenvalue weighted by atomic mass is 10.2. The van der Waals surface area contributed by atoms with Crippen molar-refractivity contribution in [3.05, 3.63) is 53.7 Å². The number of halogens is 5. The van der Waals surface area contributed by atoms with Crippen molar-refractivity contribution in [1.29, 1.82) is 0 Å². The average molecular weight is 507 g/mol. The van der Waals surface area contributed by atoms with Crippen LogP contribution in [0.2, 0.25) is 5.02 Å². The zero-order chi connectivity index (χ0) is 24.2. The first kappa shape index (κ1) is 24.4. The van der Waals surface area contributed by atoms with Crippen LogP contribution in [0.5, 0.6) is 5.75 Å². The average Bonchev–Trinajstić information content (AvgIpc) is 2.75. The highest BCUT2D eigenvalue weighted by molar-refractivity contribution is 7.89. The molecule has 0 aliphatic heterocycles. The number of nitrogens with one attached hydrogen (secondary N) is 3. The van der Waals surface area contributed by atoms with Crippen LogP contribution in [-0.4, -0.2) is 43.2 Å². The van der Waals surface area contributed by atoms with Gasteiger partial charge in [-0.05, 0) is 25.2 Å². The van der Waals surface area contributed by atoms with Gasteiger partial charge < -0.3 is 15.4 Å². The summed E-state index contributed by atoms with van der Waals surface area (Å²) in [6.07, 6.45) is -2.18. The molecule has 0 amide bonds. The summed E-state index contributed by atoms with van der Waals surface area (Å²) in [5, 5.41) is 5.91. The fraction of sp³-hybridized carbons (Fsp3) is 0.167. The van der Waals surface area contributed by atoms with Crippen molar-refractivity contribution in [3.8, 4) is 5.75 Å². The molecule has 2 heterocycles. The summed E-state index contributed by atoms with van der Waals surface area (Å²) >= 11 is 5.78. The van der Waals surface area contributed by atoms with Crippen LogP contribution in [0.25, 0.3) is 0 Å². The maximum atomic E-state index is 14.3. The Morgan fingerprint density at radius 3 is 2.33 bits per heavy atom. The van der Waals surface area contributed by atoms with Gasteiger partial charge in [-0.3, -0.25) is 0 Å². The van der Waals surface area contributed by atoms with Crippen molar-refractivity contribution in [1.82, 2.24) is 19.7 Å². The molecule has 0 spiro atoms. The molecule has 0 bridgehead atoms. The fourth-order valence-corrected chi connectivity index (χ4v) is 3.36. The highest BCUT2D eigenvalue weighted by Crippen LogP contribution is 2.33. The first-order chi connectivity index (χ1) is 15.5. The lowest BCUT2D eigenvalue weighted by Crippen LogP contribution is -2.21. The van der Waals surface area contributed by atoms with Crippen LogP contribution in [0.3, 0.4) is 0 Å². The van der Waals surface area contributed by atoms with Gasteiger partial charge >= 0.3 is 6.18 Å². The Kier molecular flexibility index (Phi) is 7.19. The predicted molar refractivity (Wildman–Crippen MR) is 112 cm³/mol. The number of aromatic nitrogens is 3. The van der Waals surface area contributed by atoms with Crippen molar-refractivity contribution in [2.24, 2.45) is 0 Å². The van der Waals surface area contributed by atoms with Gasteiger partial charge in [0, 0.05) is 18.3 Å². The molecule has 1 aromatic carbocycles. The molecule has 9 nitrogen and oxygen atoms in total. The molecule has 2 aromatic heterocycles. The van der Waals surface area contributed by atoms with Crippen molar-refractivity contribution in [2.75, 3.05) is 24.3 Å². The van der Waals surface area contributed by atoms with Gasteiger partial charge in [0.15, 0.2) is 6.61 Å². The van der Waals surface area contributed by atoms with E-state index in [4.69, 9.17) is 11.6 Å². The highest BCUT2D eigenvalue weighted by Gasteiger charge is 2.30. The van der Waals surface area contributed by atoms with Gasteiger partial charge in [-0.2, -0.15) is 13.2 Å². The second kappa shape index (κ2) is 9.72. The van der Waals surface area contributed by atoms with E-state index in [9.17, 15) is 26.0 Å². The Labute approximate surface area is 190 Å². The predicted octanol–water partition coefficient (Wildman–Crippen LogP) is 4.00. The smallest absolute Gasteiger partial charge is 0.422 e. The van der Waals surface area contributed by atoms with Crippen LogP contribution in [0.1, 0.15) is 0 Å². The topological polar surface area (TPSA) is 118 Å². The molecule has 33 heavy (non-hydrogen) atoms. The molecule has 0 saturated carbocycles. The van der Waals surface area contributed by atoms with E-state index < -0.39 is 39.3 Å². The van der Waals surface area contributed by atoms with Crippen LogP contribution < -0.4 is 20.1 Å². The number of anilines is 4. The molecule has 0 radical (unpaired) electrons. The van der Waals surface area contributed by atoms with Gasteiger partial charge in [0.05, 0.1) is 10.7 Å². The number of ether oxygens (including phenoxy) is 1. The zero-order valence-corrected chi connectivity index (χ0v) is 18.2. The summed E-state index contributed by atoms with van der Waals surface area (Å²) in [6, 6.07) is 5.86. The summed E-state index contributed by atoms with van der Waals surface area (Å²) in [7, 11) is -3.20. The van der Waals surface area contributed by atoms with E-state index in [2.05, 4.69) is 30.3 Å². The number of alkyl halides is 3. The van der Waals surface area contributed by atoms with E-state index in [0.717, 1.165) is 19.4 Å². The number of hydrogen-bond acceptors (Lipinski definition) is 8. The van der Waals surface area contributed by atoms with Gasteiger partial charge in [-0.1, -0.05) is 11.6 Å². The second-order valence-electron chi connectivity index (χ2n) is 6.29. The zero-order valence-electron chi connectivity index (χ0n) is 16.6. The molecule has 0 atom stereocenters. The number of hydrogen-bond donors (Lipinski definition) is 3. The molecule has 3 N–H and O–H groups in total. The Bertz CT molecular complexity index is 1240. The van der Waals surface area contributed by atoms with E-state index >= 15 is 0 Å². The van der Waals surface area contributed by atoms with E-state index in [-0.39, 0.29) is 17.3 Å². The molecule has 3 aromatic rings.